The predicted octanol–water partition coefficient (Wildman–Crippen LogP) is 1.48. The minimum absolute atomic E-state index is 0.0331. The van der Waals surface area contributed by atoms with Gasteiger partial charge in [-0.3, -0.25) is 4.72 Å². The second-order valence-electron chi connectivity index (χ2n) is 3.74. The highest BCUT2D eigenvalue weighted by Gasteiger charge is 2.14. The van der Waals surface area contributed by atoms with Crippen LogP contribution in [0.3, 0.4) is 0 Å². The molecular formula is C11H17NO4S. The minimum atomic E-state index is -3.44. The van der Waals surface area contributed by atoms with Gasteiger partial charge >= 0.3 is 0 Å². The monoisotopic (exact) mass is 259 g/mol. The molecule has 0 aliphatic rings. The highest BCUT2D eigenvalue weighted by molar-refractivity contribution is 7.92. The fourth-order valence-electron chi connectivity index (χ4n) is 1.38. The number of rotatable bonds is 6. The van der Waals surface area contributed by atoms with Crippen molar-refractivity contribution in [1.29, 1.82) is 0 Å². The molecule has 96 valence electrons. The molecule has 0 unspecified atom stereocenters. The summed E-state index contributed by atoms with van der Waals surface area (Å²) in [4.78, 5) is 0. The summed E-state index contributed by atoms with van der Waals surface area (Å²) in [6.07, 6.45) is 0.415. The maximum Gasteiger partial charge on any atom is 0.232 e. The molecule has 0 saturated carbocycles. The number of phenolic OH excluding ortho intramolecular Hbond substituents is 1. The standard InChI is InChI=1S/C11H17NO4S/c1-9-5-3-6-10(13)11(9)12-17(14,15)8-4-7-16-2/h3,5-6,12-13H,4,7-8H2,1-2H3. The van der Waals surface area contributed by atoms with E-state index >= 15 is 0 Å². The summed E-state index contributed by atoms with van der Waals surface area (Å²) in [7, 11) is -1.92. The van der Waals surface area contributed by atoms with Gasteiger partial charge in [0.2, 0.25) is 10.0 Å². The Morgan fingerprint density at radius 2 is 2.12 bits per heavy atom. The van der Waals surface area contributed by atoms with E-state index < -0.39 is 10.0 Å². The van der Waals surface area contributed by atoms with E-state index in [4.69, 9.17) is 4.74 Å². The van der Waals surface area contributed by atoms with Crippen molar-refractivity contribution in [2.24, 2.45) is 0 Å². The SMILES string of the molecule is COCCCS(=O)(=O)Nc1c(C)cccc1O. The first-order chi connectivity index (χ1) is 7.96. The molecule has 2 N–H and O–H groups in total. The maximum absolute atomic E-state index is 11.7. The summed E-state index contributed by atoms with van der Waals surface area (Å²) >= 11 is 0. The van der Waals surface area contributed by atoms with Crippen LogP contribution in [0.2, 0.25) is 0 Å². The van der Waals surface area contributed by atoms with Gasteiger partial charge in [-0.15, -0.1) is 0 Å². The van der Waals surface area contributed by atoms with Crippen LogP contribution < -0.4 is 4.72 Å². The second-order valence-corrected chi connectivity index (χ2v) is 5.58. The van der Waals surface area contributed by atoms with Crippen LogP contribution in [0.25, 0.3) is 0 Å². The van der Waals surface area contributed by atoms with E-state index in [1.54, 1.807) is 19.1 Å². The smallest absolute Gasteiger partial charge is 0.232 e. The number of ether oxygens (including phenoxy) is 1. The van der Waals surface area contributed by atoms with Crippen LogP contribution in [0, 0.1) is 6.92 Å². The van der Waals surface area contributed by atoms with E-state index in [1.165, 1.54) is 13.2 Å². The second kappa shape index (κ2) is 5.88. The van der Waals surface area contributed by atoms with Gasteiger partial charge in [-0.2, -0.15) is 0 Å². The molecule has 0 aliphatic heterocycles. The van der Waals surface area contributed by atoms with Crippen molar-refractivity contribution in [3.63, 3.8) is 0 Å². The molecule has 0 heterocycles. The Morgan fingerprint density at radius 3 is 2.71 bits per heavy atom. The lowest BCUT2D eigenvalue weighted by atomic mass is 10.2. The number of para-hydroxylation sites is 1. The van der Waals surface area contributed by atoms with E-state index in [1.807, 2.05) is 0 Å². The lowest BCUT2D eigenvalue weighted by molar-refractivity contribution is 0.199. The predicted molar refractivity (Wildman–Crippen MR) is 66.7 cm³/mol. The lowest BCUT2D eigenvalue weighted by Gasteiger charge is -2.11. The third-order valence-corrected chi connectivity index (χ3v) is 3.61. The van der Waals surface area contributed by atoms with E-state index in [0.717, 1.165) is 0 Å². The third kappa shape index (κ3) is 4.24. The number of phenols is 1. The summed E-state index contributed by atoms with van der Waals surface area (Å²) in [5.41, 5.74) is 0.922. The molecule has 1 aromatic carbocycles. The average Bonchev–Trinajstić information content (AvgIpc) is 2.24. The van der Waals surface area contributed by atoms with Crippen LogP contribution in [0.4, 0.5) is 5.69 Å². The van der Waals surface area contributed by atoms with Crippen LogP contribution >= 0.6 is 0 Å². The van der Waals surface area contributed by atoms with Gasteiger partial charge in [0.15, 0.2) is 0 Å². The molecule has 0 atom stereocenters. The fraction of sp³-hybridized carbons (Fsp3) is 0.455. The number of hydrogen-bond donors (Lipinski definition) is 2. The Kier molecular flexibility index (Phi) is 4.77. The summed E-state index contributed by atoms with van der Waals surface area (Å²) in [6, 6.07) is 4.83. The van der Waals surface area contributed by atoms with E-state index in [0.29, 0.717) is 18.6 Å². The number of hydrogen-bond acceptors (Lipinski definition) is 4. The fourth-order valence-corrected chi connectivity index (χ4v) is 2.56. The van der Waals surface area contributed by atoms with Gasteiger partial charge in [0.25, 0.3) is 0 Å². The lowest BCUT2D eigenvalue weighted by Crippen LogP contribution is -2.18. The quantitative estimate of drug-likeness (QED) is 0.599. The number of aromatic hydroxyl groups is 1. The molecule has 17 heavy (non-hydrogen) atoms. The Labute approximate surface area is 101 Å². The van der Waals surface area contributed by atoms with Crippen molar-refractivity contribution in [2.45, 2.75) is 13.3 Å². The summed E-state index contributed by atoms with van der Waals surface area (Å²) < 4.78 is 30.6. The summed E-state index contributed by atoms with van der Waals surface area (Å²) in [5, 5.41) is 9.57. The van der Waals surface area contributed by atoms with Crippen LogP contribution in [-0.4, -0.2) is 33.0 Å². The van der Waals surface area contributed by atoms with E-state index in [-0.39, 0.29) is 17.2 Å². The Hall–Kier alpha value is -1.27. The average molecular weight is 259 g/mol. The number of nitrogens with one attached hydrogen (secondary N) is 1. The summed E-state index contributed by atoms with van der Waals surface area (Å²) in [5.74, 6) is -0.102. The van der Waals surface area contributed by atoms with Crippen LogP contribution in [0.1, 0.15) is 12.0 Å². The molecule has 1 aromatic rings. The van der Waals surface area contributed by atoms with Crippen LogP contribution in [-0.2, 0) is 14.8 Å². The molecule has 0 aliphatic carbocycles. The molecule has 0 fully saturated rings. The molecule has 1 rings (SSSR count). The first kappa shape index (κ1) is 13.8. The van der Waals surface area contributed by atoms with Gasteiger partial charge in [-0.05, 0) is 25.0 Å². The van der Waals surface area contributed by atoms with Crippen LogP contribution in [0.15, 0.2) is 18.2 Å². The molecule has 0 radical (unpaired) electrons. The van der Waals surface area contributed by atoms with Crippen molar-refractivity contribution in [2.75, 3.05) is 24.2 Å². The normalized spacial score (nSPS) is 11.4. The molecule has 5 nitrogen and oxygen atoms in total. The zero-order chi connectivity index (χ0) is 12.9. The zero-order valence-corrected chi connectivity index (χ0v) is 10.8. The summed E-state index contributed by atoms with van der Waals surface area (Å²) in [6.45, 7) is 2.12. The minimum Gasteiger partial charge on any atom is -0.506 e. The Bertz CT molecular complexity index is 450. The number of methoxy groups -OCH3 is 1. The van der Waals surface area contributed by atoms with Crippen molar-refractivity contribution in [3.05, 3.63) is 23.8 Å². The highest BCUT2D eigenvalue weighted by Crippen LogP contribution is 2.27. The number of aryl methyl sites for hydroxylation is 1. The maximum atomic E-state index is 11.7. The largest absolute Gasteiger partial charge is 0.506 e. The number of anilines is 1. The van der Waals surface area contributed by atoms with Gasteiger partial charge in [0, 0.05) is 13.7 Å². The van der Waals surface area contributed by atoms with Crippen LogP contribution in [0.5, 0.6) is 5.75 Å². The van der Waals surface area contributed by atoms with Crippen molar-refractivity contribution in [3.8, 4) is 5.75 Å². The molecule has 0 aromatic heterocycles. The topological polar surface area (TPSA) is 75.6 Å². The zero-order valence-electron chi connectivity index (χ0n) is 9.93. The van der Waals surface area contributed by atoms with Gasteiger partial charge in [0.1, 0.15) is 5.75 Å². The molecule has 0 spiro atoms. The molecule has 6 heteroatoms. The highest BCUT2D eigenvalue weighted by atomic mass is 32.2. The first-order valence-corrected chi connectivity index (χ1v) is 6.89. The van der Waals surface area contributed by atoms with Crippen molar-refractivity contribution >= 4 is 15.7 Å². The molecule has 0 bridgehead atoms. The van der Waals surface area contributed by atoms with Gasteiger partial charge < -0.3 is 9.84 Å². The third-order valence-electron chi connectivity index (χ3n) is 2.27. The van der Waals surface area contributed by atoms with Gasteiger partial charge in [-0.25, -0.2) is 8.42 Å². The van der Waals surface area contributed by atoms with Gasteiger partial charge in [0.05, 0.1) is 11.4 Å². The molecule has 0 saturated heterocycles. The first-order valence-electron chi connectivity index (χ1n) is 5.24. The van der Waals surface area contributed by atoms with Gasteiger partial charge in [-0.1, -0.05) is 12.1 Å². The Morgan fingerprint density at radius 1 is 1.41 bits per heavy atom. The number of sulfonamides is 1. The Balaban J connectivity index is 2.76. The van der Waals surface area contributed by atoms with Crippen molar-refractivity contribution < 1.29 is 18.3 Å². The van der Waals surface area contributed by atoms with Crippen molar-refractivity contribution in [1.82, 2.24) is 0 Å². The molecule has 0 amide bonds. The molecular weight excluding hydrogens is 242 g/mol. The van der Waals surface area contributed by atoms with E-state index in [9.17, 15) is 13.5 Å². The number of benzene rings is 1. The van der Waals surface area contributed by atoms with E-state index in [2.05, 4.69) is 4.72 Å².